The molecule has 0 aliphatic heterocycles. The molecule has 0 bridgehead atoms. The fourth-order valence-electron chi connectivity index (χ4n) is 2.24. The SMILES string of the molecule is CN(C)S(=O)(=O)c1cc2c(cc1F)[nH]c(=O)c1[nH]ccc12. The van der Waals surface area contributed by atoms with Gasteiger partial charge in [-0.2, -0.15) is 0 Å². The first-order chi connectivity index (χ1) is 9.82. The van der Waals surface area contributed by atoms with Gasteiger partial charge in [-0.1, -0.05) is 0 Å². The third-order valence-corrected chi connectivity index (χ3v) is 5.17. The Hall–Kier alpha value is -2.19. The van der Waals surface area contributed by atoms with Gasteiger partial charge in [-0.15, -0.1) is 0 Å². The summed E-state index contributed by atoms with van der Waals surface area (Å²) < 4.78 is 39.3. The Kier molecular flexibility index (Phi) is 2.89. The van der Waals surface area contributed by atoms with Crippen molar-refractivity contribution >= 4 is 31.8 Å². The van der Waals surface area contributed by atoms with Crippen LogP contribution in [-0.4, -0.2) is 36.8 Å². The maximum absolute atomic E-state index is 14.1. The van der Waals surface area contributed by atoms with E-state index in [4.69, 9.17) is 0 Å². The zero-order chi connectivity index (χ0) is 15.4. The van der Waals surface area contributed by atoms with E-state index in [-0.39, 0.29) is 11.1 Å². The maximum atomic E-state index is 14.1. The van der Waals surface area contributed by atoms with E-state index in [1.165, 1.54) is 20.2 Å². The van der Waals surface area contributed by atoms with Crippen LogP contribution in [0.3, 0.4) is 0 Å². The van der Waals surface area contributed by atoms with Gasteiger partial charge in [0.2, 0.25) is 10.0 Å². The van der Waals surface area contributed by atoms with Crippen LogP contribution in [0.15, 0.2) is 34.1 Å². The third-order valence-electron chi connectivity index (χ3n) is 3.34. The van der Waals surface area contributed by atoms with E-state index in [0.29, 0.717) is 16.3 Å². The molecule has 3 rings (SSSR count). The van der Waals surface area contributed by atoms with Crippen molar-refractivity contribution in [1.29, 1.82) is 0 Å². The average molecular weight is 309 g/mol. The van der Waals surface area contributed by atoms with Crippen LogP contribution in [0.4, 0.5) is 4.39 Å². The van der Waals surface area contributed by atoms with E-state index in [1.54, 1.807) is 12.3 Å². The average Bonchev–Trinajstić information content (AvgIpc) is 2.87. The molecular weight excluding hydrogens is 297 g/mol. The van der Waals surface area contributed by atoms with E-state index in [2.05, 4.69) is 9.97 Å². The summed E-state index contributed by atoms with van der Waals surface area (Å²) in [7, 11) is -1.24. The largest absolute Gasteiger partial charge is 0.357 e. The minimum Gasteiger partial charge on any atom is -0.357 e. The van der Waals surface area contributed by atoms with Crippen LogP contribution in [-0.2, 0) is 10.0 Å². The molecule has 21 heavy (non-hydrogen) atoms. The molecular formula is C13H12FN3O3S. The summed E-state index contributed by atoms with van der Waals surface area (Å²) >= 11 is 0. The molecule has 0 radical (unpaired) electrons. The first-order valence-electron chi connectivity index (χ1n) is 6.07. The number of hydrogen-bond acceptors (Lipinski definition) is 3. The monoisotopic (exact) mass is 309 g/mol. The van der Waals surface area contributed by atoms with Gasteiger partial charge in [-0.25, -0.2) is 17.1 Å². The van der Waals surface area contributed by atoms with Crippen LogP contribution in [0.2, 0.25) is 0 Å². The lowest BCUT2D eigenvalue weighted by Crippen LogP contribution is -2.23. The molecule has 8 heteroatoms. The quantitative estimate of drug-likeness (QED) is 0.750. The number of aromatic amines is 2. The number of fused-ring (bicyclic) bond motifs is 3. The summed E-state index contributed by atoms with van der Waals surface area (Å²) in [6, 6.07) is 3.92. The molecule has 0 spiro atoms. The molecule has 0 unspecified atom stereocenters. The molecule has 0 saturated heterocycles. The van der Waals surface area contributed by atoms with Crippen molar-refractivity contribution in [3.63, 3.8) is 0 Å². The zero-order valence-electron chi connectivity index (χ0n) is 11.3. The molecule has 0 amide bonds. The molecule has 2 N–H and O–H groups in total. The van der Waals surface area contributed by atoms with Gasteiger partial charge in [-0.05, 0) is 18.2 Å². The molecule has 3 aromatic rings. The number of rotatable bonds is 2. The highest BCUT2D eigenvalue weighted by atomic mass is 32.2. The predicted octanol–water partition coefficient (Wildman–Crippen LogP) is 1.40. The molecule has 6 nitrogen and oxygen atoms in total. The van der Waals surface area contributed by atoms with Crippen molar-refractivity contribution in [2.75, 3.05) is 14.1 Å². The second kappa shape index (κ2) is 4.40. The second-order valence-corrected chi connectivity index (χ2v) is 6.96. The van der Waals surface area contributed by atoms with Gasteiger partial charge < -0.3 is 9.97 Å². The van der Waals surface area contributed by atoms with Crippen molar-refractivity contribution in [1.82, 2.24) is 14.3 Å². The van der Waals surface area contributed by atoms with Gasteiger partial charge >= 0.3 is 0 Å². The number of aromatic nitrogens is 2. The van der Waals surface area contributed by atoms with Crippen LogP contribution in [0, 0.1) is 5.82 Å². The topological polar surface area (TPSA) is 86.0 Å². The fourth-order valence-corrected chi connectivity index (χ4v) is 3.21. The number of sulfonamides is 1. The number of pyridine rings is 1. The van der Waals surface area contributed by atoms with E-state index < -0.39 is 20.7 Å². The Labute approximate surface area is 119 Å². The number of benzene rings is 1. The Morgan fingerprint density at radius 2 is 1.90 bits per heavy atom. The van der Waals surface area contributed by atoms with Gasteiger partial charge in [0.1, 0.15) is 16.2 Å². The Bertz CT molecular complexity index is 1020. The Balaban J connectivity index is 2.48. The summed E-state index contributed by atoms with van der Waals surface area (Å²) in [6.45, 7) is 0. The molecule has 110 valence electrons. The fraction of sp³-hybridized carbons (Fsp3) is 0.154. The number of halogens is 1. The number of nitrogens with zero attached hydrogens (tertiary/aromatic N) is 1. The number of H-pyrrole nitrogens is 2. The summed E-state index contributed by atoms with van der Waals surface area (Å²) in [4.78, 5) is 16.7. The summed E-state index contributed by atoms with van der Waals surface area (Å²) in [6.07, 6.45) is 1.57. The number of nitrogens with one attached hydrogen (secondary N) is 2. The first kappa shape index (κ1) is 13.8. The lowest BCUT2D eigenvalue weighted by molar-refractivity contribution is 0.508. The molecule has 2 heterocycles. The normalized spacial score (nSPS) is 12.6. The summed E-state index contributed by atoms with van der Waals surface area (Å²) in [5, 5.41) is 1.01. The van der Waals surface area contributed by atoms with Crippen LogP contribution >= 0.6 is 0 Å². The molecule has 2 aromatic heterocycles. The zero-order valence-corrected chi connectivity index (χ0v) is 12.1. The second-order valence-electron chi connectivity index (χ2n) is 4.84. The van der Waals surface area contributed by atoms with Crippen LogP contribution in [0.5, 0.6) is 0 Å². The summed E-state index contributed by atoms with van der Waals surface area (Å²) in [5.74, 6) is -0.901. The molecule has 0 aliphatic rings. The van der Waals surface area contributed by atoms with Crippen molar-refractivity contribution in [2.45, 2.75) is 4.90 Å². The minimum absolute atomic E-state index is 0.252. The van der Waals surface area contributed by atoms with Crippen molar-refractivity contribution < 1.29 is 12.8 Å². The van der Waals surface area contributed by atoms with E-state index in [1.807, 2.05) is 0 Å². The van der Waals surface area contributed by atoms with Crippen molar-refractivity contribution in [3.8, 4) is 0 Å². The van der Waals surface area contributed by atoms with Crippen LogP contribution in [0.25, 0.3) is 21.8 Å². The van der Waals surface area contributed by atoms with E-state index >= 15 is 0 Å². The highest BCUT2D eigenvalue weighted by Gasteiger charge is 2.23. The lowest BCUT2D eigenvalue weighted by atomic mass is 10.1. The standard InChI is InChI=1S/C13H12FN3O3S/c1-17(2)21(19,20)11-5-8-7-3-4-15-12(7)13(18)16-10(8)6-9(11)14/h3-6,15H,1-2H3,(H,16,18). The molecule has 0 fully saturated rings. The highest BCUT2D eigenvalue weighted by molar-refractivity contribution is 7.89. The molecule has 1 aromatic carbocycles. The minimum atomic E-state index is -3.90. The van der Waals surface area contributed by atoms with Gasteiger partial charge in [0.05, 0.1) is 5.52 Å². The Morgan fingerprint density at radius 3 is 2.57 bits per heavy atom. The van der Waals surface area contributed by atoms with Crippen LogP contribution in [0.1, 0.15) is 0 Å². The van der Waals surface area contributed by atoms with Gasteiger partial charge in [0.15, 0.2) is 0 Å². The lowest BCUT2D eigenvalue weighted by Gasteiger charge is -2.13. The van der Waals surface area contributed by atoms with E-state index in [9.17, 15) is 17.6 Å². The summed E-state index contributed by atoms with van der Waals surface area (Å²) in [5.41, 5.74) is 0.190. The Morgan fingerprint density at radius 1 is 1.19 bits per heavy atom. The molecule has 0 aliphatic carbocycles. The smallest absolute Gasteiger partial charge is 0.272 e. The predicted molar refractivity (Wildman–Crippen MR) is 77.3 cm³/mol. The first-order valence-corrected chi connectivity index (χ1v) is 7.51. The van der Waals surface area contributed by atoms with Gasteiger partial charge in [0.25, 0.3) is 5.56 Å². The molecule has 0 atom stereocenters. The van der Waals surface area contributed by atoms with Crippen molar-refractivity contribution in [3.05, 3.63) is 40.6 Å². The highest BCUT2D eigenvalue weighted by Crippen LogP contribution is 2.27. The van der Waals surface area contributed by atoms with Gasteiger partial charge in [0, 0.05) is 31.1 Å². The molecule has 0 saturated carbocycles. The van der Waals surface area contributed by atoms with Gasteiger partial charge in [-0.3, -0.25) is 4.79 Å². The van der Waals surface area contributed by atoms with Crippen molar-refractivity contribution in [2.24, 2.45) is 0 Å². The van der Waals surface area contributed by atoms with Crippen LogP contribution < -0.4 is 5.56 Å². The van der Waals surface area contributed by atoms with E-state index in [0.717, 1.165) is 10.4 Å². The maximum Gasteiger partial charge on any atom is 0.272 e. The number of hydrogen-bond donors (Lipinski definition) is 2. The third kappa shape index (κ3) is 1.95.